The summed E-state index contributed by atoms with van der Waals surface area (Å²) in [6.07, 6.45) is 0. The third kappa shape index (κ3) is 3.35. The molecule has 0 saturated carbocycles. The van der Waals surface area contributed by atoms with Crippen LogP contribution in [0.5, 0.6) is 0 Å². The molecule has 0 radical (unpaired) electrons. The standard InChI is InChI=1S/C17H15BrClFO/c1-17(2,3)11-6-4-10(5-7-11)16(21)12-8-9-13(18)14(19)15(12)20/h4-9H,1-3H3. The minimum absolute atomic E-state index is 0.00769. The highest BCUT2D eigenvalue weighted by Crippen LogP contribution is 2.29. The van der Waals surface area contributed by atoms with E-state index in [4.69, 9.17) is 11.6 Å². The number of benzene rings is 2. The molecule has 0 aliphatic heterocycles. The number of ketones is 1. The van der Waals surface area contributed by atoms with Crippen LogP contribution in [0.3, 0.4) is 0 Å². The van der Waals surface area contributed by atoms with E-state index >= 15 is 0 Å². The SMILES string of the molecule is CC(C)(C)c1ccc(C(=O)c2ccc(Br)c(Cl)c2F)cc1. The van der Waals surface area contributed by atoms with Gasteiger partial charge in [0.15, 0.2) is 11.6 Å². The molecular formula is C17H15BrClFO. The van der Waals surface area contributed by atoms with E-state index in [1.807, 2.05) is 12.1 Å². The Morgan fingerprint density at radius 2 is 1.67 bits per heavy atom. The van der Waals surface area contributed by atoms with Crippen LogP contribution >= 0.6 is 27.5 Å². The average molecular weight is 370 g/mol. The summed E-state index contributed by atoms with van der Waals surface area (Å²) >= 11 is 8.96. The maximum atomic E-state index is 14.1. The Bertz CT molecular complexity index is 687. The predicted molar refractivity (Wildman–Crippen MR) is 87.7 cm³/mol. The van der Waals surface area contributed by atoms with Crippen LogP contribution in [0.2, 0.25) is 5.02 Å². The molecule has 0 bridgehead atoms. The van der Waals surface area contributed by atoms with Gasteiger partial charge in [-0.1, -0.05) is 56.6 Å². The van der Waals surface area contributed by atoms with Gasteiger partial charge in [0.2, 0.25) is 0 Å². The van der Waals surface area contributed by atoms with Gasteiger partial charge in [0.1, 0.15) is 0 Å². The van der Waals surface area contributed by atoms with Crippen LogP contribution < -0.4 is 0 Å². The Morgan fingerprint density at radius 1 is 1.10 bits per heavy atom. The minimum atomic E-state index is -0.698. The van der Waals surface area contributed by atoms with E-state index in [2.05, 4.69) is 36.7 Å². The number of carbonyl (C=O) groups excluding carboxylic acids is 1. The molecule has 0 spiro atoms. The summed E-state index contributed by atoms with van der Waals surface area (Å²) in [6.45, 7) is 6.29. The molecule has 0 amide bonds. The Labute approximate surface area is 137 Å². The monoisotopic (exact) mass is 368 g/mol. The summed E-state index contributed by atoms with van der Waals surface area (Å²) < 4.78 is 14.5. The second-order valence-corrected chi connectivity index (χ2v) is 7.11. The Balaban J connectivity index is 2.39. The lowest BCUT2D eigenvalue weighted by molar-refractivity contribution is 0.103. The first-order chi connectivity index (χ1) is 9.71. The van der Waals surface area contributed by atoms with Gasteiger partial charge in [0.05, 0.1) is 10.6 Å². The first kappa shape index (κ1) is 16.2. The van der Waals surface area contributed by atoms with Crippen LogP contribution in [0, 0.1) is 5.82 Å². The van der Waals surface area contributed by atoms with Crippen molar-refractivity contribution in [1.29, 1.82) is 0 Å². The highest BCUT2D eigenvalue weighted by atomic mass is 79.9. The number of carbonyl (C=O) groups is 1. The molecule has 0 N–H and O–H groups in total. The fourth-order valence-electron chi connectivity index (χ4n) is 1.98. The number of hydrogen-bond donors (Lipinski definition) is 0. The first-order valence-corrected chi connectivity index (χ1v) is 7.67. The Morgan fingerprint density at radius 3 is 2.19 bits per heavy atom. The summed E-state index contributed by atoms with van der Waals surface area (Å²) in [6, 6.07) is 10.2. The fourth-order valence-corrected chi connectivity index (χ4v) is 2.45. The van der Waals surface area contributed by atoms with E-state index in [-0.39, 0.29) is 21.8 Å². The zero-order chi connectivity index (χ0) is 15.8. The van der Waals surface area contributed by atoms with Gasteiger partial charge in [0, 0.05) is 10.0 Å². The van der Waals surface area contributed by atoms with E-state index in [1.165, 1.54) is 6.07 Å². The third-order valence-electron chi connectivity index (χ3n) is 3.29. The summed E-state index contributed by atoms with van der Waals surface area (Å²) in [4.78, 5) is 12.4. The lowest BCUT2D eigenvalue weighted by Gasteiger charge is -2.19. The quantitative estimate of drug-likeness (QED) is 0.485. The number of rotatable bonds is 2. The van der Waals surface area contributed by atoms with E-state index in [1.54, 1.807) is 18.2 Å². The van der Waals surface area contributed by atoms with Gasteiger partial charge in [-0.25, -0.2) is 4.39 Å². The van der Waals surface area contributed by atoms with Gasteiger partial charge in [-0.05, 0) is 39.0 Å². The number of halogens is 3. The summed E-state index contributed by atoms with van der Waals surface area (Å²) in [5.41, 5.74) is 1.55. The molecule has 0 aromatic heterocycles. The normalized spacial score (nSPS) is 11.5. The van der Waals surface area contributed by atoms with Crippen LogP contribution in [0.1, 0.15) is 42.3 Å². The van der Waals surface area contributed by atoms with Crippen molar-refractivity contribution in [2.75, 3.05) is 0 Å². The fraction of sp³-hybridized carbons (Fsp3) is 0.235. The van der Waals surface area contributed by atoms with E-state index in [0.717, 1.165) is 5.56 Å². The van der Waals surface area contributed by atoms with Crippen molar-refractivity contribution in [3.05, 3.63) is 68.4 Å². The molecule has 0 heterocycles. The van der Waals surface area contributed by atoms with Gasteiger partial charge in [-0.3, -0.25) is 4.79 Å². The second-order valence-electron chi connectivity index (χ2n) is 5.88. The molecule has 1 nitrogen and oxygen atoms in total. The van der Waals surface area contributed by atoms with Crippen molar-refractivity contribution in [2.24, 2.45) is 0 Å². The molecule has 4 heteroatoms. The summed E-state index contributed by atoms with van der Waals surface area (Å²) in [5.74, 6) is -1.07. The van der Waals surface area contributed by atoms with Crippen molar-refractivity contribution < 1.29 is 9.18 Å². The highest BCUT2D eigenvalue weighted by Gasteiger charge is 2.19. The van der Waals surface area contributed by atoms with Crippen LogP contribution in [0.25, 0.3) is 0 Å². The van der Waals surface area contributed by atoms with Gasteiger partial charge in [-0.2, -0.15) is 0 Å². The van der Waals surface area contributed by atoms with Crippen molar-refractivity contribution in [1.82, 2.24) is 0 Å². The van der Waals surface area contributed by atoms with E-state index < -0.39 is 5.82 Å². The van der Waals surface area contributed by atoms with Crippen LogP contribution in [0.4, 0.5) is 4.39 Å². The van der Waals surface area contributed by atoms with Crippen molar-refractivity contribution >= 4 is 33.3 Å². The van der Waals surface area contributed by atoms with Crippen molar-refractivity contribution in [3.63, 3.8) is 0 Å². The zero-order valence-electron chi connectivity index (χ0n) is 12.0. The molecule has 2 aromatic carbocycles. The maximum Gasteiger partial charge on any atom is 0.196 e. The molecule has 21 heavy (non-hydrogen) atoms. The molecule has 2 aromatic rings. The Kier molecular flexibility index (Phi) is 4.54. The predicted octanol–water partition coefficient (Wildman–Crippen LogP) is 5.77. The number of hydrogen-bond acceptors (Lipinski definition) is 1. The van der Waals surface area contributed by atoms with Gasteiger partial charge in [0.25, 0.3) is 0 Å². The first-order valence-electron chi connectivity index (χ1n) is 6.50. The molecule has 0 aliphatic carbocycles. The molecule has 0 unspecified atom stereocenters. The third-order valence-corrected chi connectivity index (χ3v) is 4.55. The van der Waals surface area contributed by atoms with Crippen LogP contribution in [0.15, 0.2) is 40.9 Å². The summed E-state index contributed by atoms with van der Waals surface area (Å²) in [5, 5.41) is -0.0767. The molecule has 0 atom stereocenters. The van der Waals surface area contributed by atoms with Gasteiger partial charge < -0.3 is 0 Å². The minimum Gasteiger partial charge on any atom is -0.288 e. The largest absolute Gasteiger partial charge is 0.288 e. The molecule has 0 saturated heterocycles. The molecule has 0 fully saturated rings. The topological polar surface area (TPSA) is 17.1 Å². The Hall–Kier alpha value is -1.19. The lowest BCUT2D eigenvalue weighted by Crippen LogP contribution is -2.11. The maximum absolute atomic E-state index is 14.1. The van der Waals surface area contributed by atoms with Crippen LogP contribution in [-0.2, 0) is 5.41 Å². The van der Waals surface area contributed by atoms with Crippen molar-refractivity contribution in [3.8, 4) is 0 Å². The molecular weight excluding hydrogens is 355 g/mol. The van der Waals surface area contributed by atoms with E-state index in [0.29, 0.717) is 10.0 Å². The van der Waals surface area contributed by atoms with Crippen molar-refractivity contribution in [2.45, 2.75) is 26.2 Å². The van der Waals surface area contributed by atoms with Gasteiger partial charge in [-0.15, -0.1) is 0 Å². The highest BCUT2D eigenvalue weighted by molar-refractivity contribution is 9.10. The smallest absolute Gasteiger partial charge is 0.196 e. The van der Waals surface area contributed by atoms with Crippen LogP contribution in [-0.4, -0.2) is 5.78 Å². The molecule has 0 aliphatic rings. The average Bonchev–Trinajstić information content (AvgIpc) is 2.43. The second kappa shape index (κ2) is 5.90. The van der Waals surface area contributed by atoms with Gasteiger partial charge >= 0.3 is 0 Å². The zero-order valence-corrected chi connectivity index (χ0v) is 14.3. The summed E-state index contributed by atoms with van der Waals surface area (Å²) in [7, 11) is 0. The molecule has 2 rings (SSSR count). The van der Waals surface area contributed by atoms with E-state index in [9.17, 15) is 9.18 Å². The molecule has 110 valence electrons. The lowest BCUT2D eigenvalue weighted by atomic mass is 9.86.